The van der Waals surface area contributed by atoms with Gasteiger partial charge in [-0.25, -0.2) is 28.1 Å². The van der Waals surface area contributed by atoms with Gasteiger partial charge in [0.1, 0.15) is 0 Å². The van der Waals surface area contributed by atoms with Crippen LogP contribution in [0, 0.1) is 0 Å². The lowest BCUT2D eigenvalue weighted by Gasteiger charge is -2.24. The molecule has 0 spiro atoms. The zero-order valence-corrected chi connectivity index (χ0v) is 24.6. The summed E-state index contributed by atoms with van der Waals surface area (Å²) >= 11 is 0. The average molecular weight is 552 g/mol. The fourth-order valence-corrected chi connectivity index (χ4v) is 7.51. The molecular weight excluding hydrogens is 514 g/mol. The first-order chi connectivity index (χ1) is 16.6. The van der Waals surface area contributed by atoms with E-state index in [1.807, 2.05) is 0 Å². The maximum atomic E-state index is 13.2. The smallest absolute Gasteiger partial charge is 0.415 e. The molecule has 35 heavy (non-hydrogen) atoms. The molecule has 1 aromatic heterocycles. The summed E-state index contributed by atoms with van der Waals surface area (Å²) in [5.41, 5.74) is -2.13. The van der Waals surface area contributed by atoms with Gasteiger partial charge in [0.2, 0.25) is 0 Å². The largest absolute Gasteiger partial charge is 0.500 e. The second-order valence-corrected chi connectivity index (χ2v) is 14.9. The lowest BCUT2D eigenvalue weighted by Crippen LogP contribution is -2.55. The summed E-state index contributed by atoms with van der Waals surface area (Å²) in [6.07, 6.45) is 0.728. The van der Waals surface area contributed by atoms with E-state index in [4.69, 9.17) is 31.0 Å². The molecule has 0 aliphatic carbocycles. The topological polar surface area (TPSA) is 131 Å². The Bertz CT molecular complexity index is 905. The van der Waals surface area contributed by atoms with Gasteiger partial charge in [0.25, 0.3) is 9.76 Å². The number of rotatable bonds is 18. The molecule has 0 saturated carbocycles. The quantitative estimate of drug-likeness (QED) is 0.220. The molecule has 0 aliphatic rings. The van der Waals surface area contributed by atoms with Gasteiger partial charge in [-0.1, -0.05) is 0 Å². The zero-order valence-electron chi connectivity index (χ0n) is 21.6. The van der Waals surface area contributed by atoms with Crippen LogP contribution in [0.2, 0.25) is 12.1 Å². The number of allylic oxidation sites excluding steroid dienone is 1. The lowest BCUT2D eigenvalue weighted by molar-refractivity contribution is 0.122. The Kier molecular flexibility index (Phi) is 13.5. The van der Waals surface area contributed by atoms with E-state index in [9.17, 15) is 14.4 Å². The number of hydrogen-bond donors (Lipinski definition) is 0. The van der Waals surface area contributed by atoms with Crippen LogP contribution in [0.3, 0.4) is 0 Å². The van der Waals surface area contributed by atoms with Crippen molar-refractivity contribution >= 4 is 27.4 Å². The highest BCUT2D eigenvalue weighted by molar-refractivity contribution is 6.60. The van der Waals surface area contributed by atoms with Gasteiger partial charge in [0, 0.05) is 74.9 Å². The van der Waals surface area contributed by atoms with E-state index in [2.05, 4.69) is 6.58 Å². The Balaban J connectivity index is 3.35. The van der Waals surface area contributed by atoms with Gasteiger partial charge in [-0.2, -0.15) is 0 Å². The van der Waals surface area contributed by atoms with E-state index < -0.39 is 34.7 Å². The van der Waals surface area contributed by atoms with Gasteiger partial charge >= 0.3 is 34.7 Å². The van der Waals surface area contributed by atoms with E-state index >= 15 is 0 Å². The van der Waals surface area contributed by atoms with Crippen LogP contribution in [-0.4, -0.2) is 90.8 Å². The van der Waals surface area contributed by atoms with E-state index in [1.165, 1.54) is 49.8 Å². The van der Waals surface area contributed by atoms with Crippen molar-refractivity contribution in [1.29, 1.82) is 0 Å². The molecule has 13 nitrogen and oxygen atoms in total. The van der Waals surface area contributed by atoms with Gasteiger partial charge < -0.3 is 31.0 Å². The zero-order chi connectivity index (χ0) is 26.6. The van der Waals surface area contributed by atoms with Crippen molar-refractivity contribution in [3.8, 4) is 0 Å². The SMILES string of the molecule is C=C(Cn1c(=O)n(CCC[Si](OC)(OC)OC)c(=O)n(CCC[Si](OC)(OC)OC)c1=O)[Si]OC. The van der Waals surface area contributed by atoms with E-state index in [0.29, 0.717) is 30.1 Å². The fourth-order valence-electron chi connectivity index (χ4n) is 3.59. The van der Waals surface area contributed by atoms with Crippen LogP contribution in [0.1, 0.15) is 12.8 Å². The molecule has 0 unspecified atom stereocenters. The van der Waals surface area contributed by atoms with Gasteiger partial charge in [-0.15, -0.1) is 6.58 Å². The van der Waals surface area contributed by atoms with Crippen LogP contribution in [0.15, 0.2) is 26.2 Å². The van der Waals surface area contributed by atoms with Crippen LogP contribution >= 0.6 is 0 Å². The molecule has 0 aliphatic heterocycles. The third kappa shape index (κ3) is 8.00. The highest BCUT2D eigenvalue weighted by Crippen LogP contribution is 2.16. The molecule has 0 saturated heterocycles. The monoisotopic (exact) mass is 551 g/mol. The molecule has 0 amide bonds. The van der Waals surface area contributed by atoms with Gasteiger partial charge in [-0.05, 0) is 18.0 Å². The second-order valence-electron chi connectivity index (χ2n) is 7.44. The minimum atomic E-state index is -2.90. The lowest BCUT2D eigenvalue weighted by atomic mass is 10.4. The summed E-state index contributed by atoms with van der Waals surface area (Å²) in [5.74, 6) is 0. The second kappa shape index (κ2) is 14.9. The van der Waals surface area contributed by atoms with Gasteiger partial charge in [0.05, 0.1) is 6.54 Å². The number of nitrogens with zero attached hydrogens (tertiary/aromatic N) is 3. The van der Waals surface area contributed by atoms with E-state index in [-0.39, 0.29) is 29.4 Å². The maximum Gasteiger partial charge on any atom is 0.500 e. The third-order valence-corrected chi connectivity index (χ3v) is 11.9. The minimum Gasteiger partial charge on any atom is -0.415 e. The Labute approximate surface area is 209 Å². The van der Waals surface area contributed by atoms with Gasteiger partial charge in [-0.3, -0.25) is 0 Å². The van der Waals surface area contributed by atoms with Crippen LogP contribution in [0.25, 0.3) is 0 Å². The first-order valence-electron chi connectivity index (χ1n) is 10.9. The first kappa shape index (κ1) is 31.6. The van der Waals surface area contributed by atoms with Crippen molar-refractivity contribution in [1.82, 2.24) is 13.7 Å². The molecule has 0 atom stereocenters. The summed E-state index contributed by atoms with van der Waals surface area (Å²) in [6.45, 7) is 3.90. The van der Waals surface area contributed by atoms with Crippen molar-refractivity contribution in [3.05, 3.63) is 43.2 Å². The van der Waals surface area contributed by atoms with Crippen molar-refractivity contribution in [2.24, 2.45) is 0 Å². The number of hydrogen-bond acceptors (Lipinski definition) is 10. The molecule has 200 valence electrons. The van der Waals surface area contributed by atoms with Crippen LogP contribution in [0.4, 0.5) is 0 Å². The predicted octanol–water partition coefficient (Wildman–Crippen LogP) is -0.513. The van der Waals surface area contributed by atoms with Crippen molar-refractivity contribution < 1.29 is 31.0 Å². The standard InChI is InChI=1S/C19H37N3O10Si3/c1-16(33-26-2)15-22-18(24)20(11-9-13-34(27-3,28-4)29-5)17(23)21(19(22)25)12-10-14-35(30-6,31-7)32-8/h1,9-15H2,2-8H3. The predicted molar refractivity (Wildman–Crippen MR) is 134 cm³/mol. The molecule has 0 aromatic carbocycles. The third-order valence-electron chi connectivity index (χ3n) is 5.58. The fraction of sp³-hybridized carbons (Fsp3) is 0.737. The number of aromatic nitrogens is 3. The Morgan fingerprint density at radius 3 is 1.34 bits per heavy atom. The Morgan fingerprint density at radius 2 is 1.03 bits per heavy atom. The maximum absolute atomic E-state index is 13.2. The molecule has 0 N–H and O–H groups in total. The molecule has 1 rings (SSSR count). The summed E-state index contributed by atoms with van der Waals surface area (Å²) in [6, 6.07) is 0.756. The van der Waals surface area contributed by atoms with Crippen molar-refractivity contribution in [2.45, 2.75) is 44.6 Å². The Hall–Kier alpha value is -1.48. The van der Waals surface area contributed by atoms with E-state index in [0.717, 1.165) is 13.7 Å². The minimum absolute atomic E-state index is 0.0503. The van der Waals surface area contributed by atoms with Crippen molar-refractivity contribution in [2.75, 3.05) is 49.8 Å². The summed E-state index contributed by atoms with van der Waals surface area (Å²) in [4.78, 5) is 39.5. The average Bonchev–Trinajstić information content (AvgIpc) is 2.87. The van der Waals surface area contributed by atoms with Gasteiger partial charge in [0.15, 0.2) is 0 Å². The summed E-state index contributed by atoms with van der Waals surface area (Å²) < 4.78 is 40.6. The normalized spacial score (nSPS) is 12.3. The first-order valence-corrected chi connectivity index (χ1v) is 15.6. The summed E-state index contributed by atoms with van der Waals surface area (Å²) in [5, 5.41) is 0.539. The highest BCUT2D eigenvalue weighted by atomic mass is 28.4. The van der Waals surface area contributed by atoms with Crippen LogP contribution in [-0.2, 0) is 50.6 Å². The van der Waals surface area contributed by atoms with Crippen molar-refractivity contribution in [3.63, 3.8) is 0 Å². The van der Waals surface area contributed by atoms with Crippen LogP contribution in [0.5, 0.6) is 0 Å². The van der Waals surface area contributed by atoms with E-state index in [1.54, 1.807) is 0 Å². The molecule has 1 heterocycles. The molecule has 0 fully saturated rings. The Morgan fingerprint density at radius 1 is 0.686 bits per heavy atom. The molecule has 2 radical (unpaired) electrons. The highest BCUT2D eigenvalue weighted by Gasteiger charge is 2.38. The molecule has 1 aromatic rings. The van der Waals surface area contributed by atoms with Crippen LogP contribution < -0.4 is 17.1 Å². The molecule has 0 bridgehead atoms. The molecule has 16 heteroatoms. The summed E-state index contributed by atoms with van der Waals surface area (Å²) in [7, 11) is 4.56. The molecular formula is C19H37N3O10Si3.